The maximum Gasteiger partial charge on any atom is 0.291 e. The Morgan fingerprint density at radius 2 is 1.93 bits per heavy atom. The lowest BCUT2D eigenvalue weighted by atomic mass is 10.3. The Morgan fingerprint density at radius 1 is 1.04 bits per heavy atom. The molecule has 2 aromatic heterocycles. The average Bonchev–Trinajstić information content (AvgIpc) is 3.36. The van der Waals surface area contributed by atoms with Gasteiger partial charge in [0.2, 0.25) is 0 Å². The van der Waals surface area contributed by atoms with Crippen molar-refractivity contribution in [1.29, 1.82) is 0 Å². The molecule has 2 amide bonds. The Morgan fingerprint density at radius 3 is 2.75 bits per heavy atom. The molecule has 140 valence electrons. The summed E-state index contributed by atoms with van der Waals surface area (Å²) in [4.78, 5) is 28.5. The molecule has 0 spiro atoms. The number of carbonyl (C=O) groups excluding carboxylic acids is 2. The van der Waals surface area contributed by atoms with E-state index in [-0.39, 0.29) is 24.2 Å². The number of nitrogens with zero attached hydrogens (tertiary/aromatic N) is 1. The van der Waals surface area contributed by atoms with E-state index >= 15 is 0 Å². The number of nitrogens with one attached hydrogen (secondary N) is 2. The summed E-state index contributed by atoms with van der Waals surface area (Å²) < 4.78 is 11.6. The largest absolute Gasteiger partial charge is 0.484 e. The molecule has 2 aromatic carbocycles. The molecule has 4 rings (SSSR count). The second-order valence-corrected chi connectivity index (χ2v) is 6.81. The van der Waals surface area contributed by atoms with Crippen molar-refractivity contribution in [3.8, 4) is 5.75 Å². The minimum Gasteiger partial charge on any atom is -0.484 e. The number of carbonyl (C=O) groups is 2. The Bertz CT molecular complexity index is 1090. The monoisotopic (exact) mass is 393 g/mol. The summed E-state index contributed by atoms with van der Waals surface area (Å²) >= 11 is 1.40. The molecule has 0 atom stereocenters. The van der Waals surface area contributed by atoms with Crippen LogP contribution in [-0.2, 0) is 4.79 Å². The highest BCUT2D eigenvalue weighted by Crippen LogP contribution is 2.25. The second-order valence-electron chi connectivity index (χ2n) is 5.78. The molecule has 2 N–H and O–H groups in total. The van der Waals surface area contributed by atoms with Crippen molar-refractivity contribution in [3.63, 3.8) is 0 Å². The zero-order valence-electron chi connectivity index (χ0n) is 14.5. The predicted molar refractivity (Wildman–Crippen MR) is 107 cm³/mol. The lowest BCUT2D eigenvalue weighted by Gasteiger charge is -2.08. The summed E-state index contributed by atoms with van der Waals surface area (Å²) in [7, 11) is 0. The fourth-order valence-corrected chi connectivity index (χ4v) is 3.38. The number of benzene rings is 2. The molecule has 28 heavy (non-hydrogen) atoms. The number of hydrogen-bond donors (Lipinski definition) is 2. The van der Waals surface area contributed by atoms with Gasteiger partial charge in [-0.05, 0) is 36.4 Å². The zero-order valence-corrected chi connectivity index (χ0v) is 15.4. The van der Waals surface area contributed by atoms with E-state index in [1.165, 1.54) is 17.6 Å². The topological polar surface area (TPSA) is 93.5 Å². The van der Waals surface area contributed by atoms with E-state index in [2.05, 4.69) is 15.6 Å². The molecule has 0 bridgehead atoms. The van der Waals surface area contributed by atoms with Crippen molar-refractivity contribution in [2.24, 2.45) is 0 Å². The number of ether oxygens (including phenoxy) is 1. The van der Waals surface area contributed by atoms with Crippen LogP contribution in [0.15, 0.2) is 71.3 Å². The van der Waals surface area contributed by atoms with Gasteiger partial charge in [0, 0.05) is 11.8 Å². The van der Waals surface area contributed by atoms with E-state index in [0.717, 1.165) is 10.2 Å². The number of hydrogen-bond acceptors (Lipinski definition) is 6. The Hall–Kier alpha value is -3.65. The van der Waals surface area contributed by atoms with Gasteiger partial charge in [-0.25, -0.2) is 4.98 Å². The number of anilines is 2. The zero-order chi connectivity index (χ0) is 19.3. The SMILES string of the molecule is O=C(COc1cccc(NC(=O)c2ccco2)c1)Nc1nc2ccccc2s1. The van der Waals surface area contributed by atoms with Crippen LogP contribution in [-0.4, -0.2) is 23.4 Å². The predicted octanol–water partition coefficient (Wildman–Crippen LogP) is 4.16. The van der Waals surface area contributed by atoms with Gasteiger partial charge < -0.3 is 14.5 Å². The van der Waals surface area contributed by atoms with Crippen LogP contribution in [0.2, 0.25) is 0 Å². The van der Waals surface area contributed by atoms with Crippen molar-refractivity contribution < 1.29 is 18.7 Å². The fourth-order valence-electron chi connectivity index (χ4n) is 2.49. The quantitative estimate of drug-likeness (QED) is 0.513. The fraction of sp³-hybridized carbons (Fsp3) is 0.0500. The highest BCUT2D eigenvalue weighted by Gasteiger charge is 2.11. The van der Waals surface area contributed by atoms with Crippen LogP contribution >= 0.6 is 11.3 Å². The van der Waals surface area contributed by atoms with Crippen molar-refractivity contribution in [2.75, 3.05) is 17.2 Å². The van der Waals surface area contributed by atoms with Crippen LogP contribution in [0.25, 0.3) is 10.2 Å². The minimum absolute atomic E-state index is 0.175. The van der Waals surface area contributed by atoms with Gasteiger partial charge in [0.05, 0.1) is 16.5 Å². The first-order valence-electron chi connectivity index (χ1n) is 8.40. The van der Waals surface area contributed by atoms with Gasteiger partial charge in [-0.1, -0.05) is 29.5 Å². The van der Waals surface area contributed by atoms with Crippen molar-refractivity contribution in [3.05, 3.63) is 72.7 Å². The number of amides is 2. The van der Waals surface area contributed by atoms with Gasteiger partial charge in [0.15, 0.2) is 17.5 Å². The summed E-state index contributed by atoms with van der Waals surface area (Å²) in [6.45, 7) is -0.175. The van der Waals surface area contributed by atoms with Crippen LogP contribution in [0.3, 0.4) is 0 Å². The number of thiazole rings is 1. The van der Waals surface area contributed by atoms with E-state index in [9.17, 15) is 9.59 Å². The number of furan rings is 1. The van der Waals surface area contributed by atoms with E-state index in [0.29, 0.717) is 16.6 Å². The van der Waals surface area contributed by atoms with Gasteiger partial charge in [0.1, 0.15) is 5.75 Å². The first-order chi connectivity index (χ1) is 13.7. The summed E-state index contributed by atoms with van der Waals surface area (Å²) in [6, 6.07) is 17.6. The summed E-state index contributed by atoms with van der Waals surface area (Å²) in [6.07, 6.45) is 1.43. The third kappa shape index (κ3) is 4.18. The molecule has 0 saturated carbocycles. The van der Waals surface area contributed by atoms with E-state index in [4.69, 9.17) is 9.15 Å². The third-order valence-corrected chi connectivity index (χ3v) is 4.70. The molecular formula is C20H15N3O4S. The first kappa shape index (κ1) is 17.7. The van der Waals surface area contributed by atoms with Gasteiger partial charge in [-0.15, -0.1) is 0 Å². The molecule has 8 heteroatoms. The first-order valence-corrected chi connectivity index (χ1v) is 9.22. The van der Waals surface area contributed by atoms with Crippen LogP contribution in [0.1, 0.15) is 10.6 Å². The summed E-state index contributed by atoms with van der Waals surface area (Å²) in [5.41, 5.74) is 1.37. The lowest BCUT2D eigenvalue weighted by Crippen LogP contribution is -2.20. The number of aromatic nitrogens is 1. The molecule has 0 aliphatic rings. The molecule has 0 radical (unpaired) electrons. The van der Waals surface area contributed by atoms with Gasteiger partial charge in [0.25, 0.3) is 11.8 Å². The number of fused-ring (bicyclic) bond motifs is 1. The molecule has 0 saturated heterocycles. The summed E-state index contributed by atoms with van der Waals surface area (Å²) in [5, 5.41) is 5.96. The van der Waals surface area contributed by atoms with Crippen LogP contribution in [0.5, 0.6) is 5.75 Å². The van der Waals surface area contributed by atoms with E-state index in [1.807, 2.05) is 24.3 Å². The highest BCUT2D eigenvalue weighted by atomic mass is 32.1. The Balaban J connectivity index is 1.34. The molecule has 0 aliphatic heterocycles. The van der Waals surface area contributed by atoms with Crippen molar-refractivity contribution >= 4 is 44.2 Å². The highest BCUT2D eigenvalue weighted by molar-refractivity contribution is 7.22. The van der Waals surface area contributed by atoms with Gasteiger partial charge in [-0.3, -0.25) is 14.9 Å². The minimum atomic E-state index is -0.365. The smallest absolute Gasteiger partial charge is 0.291 e. The number of para-hydroxylation sites is 1. The van der Waals surface area contributed by atoms with Crippen LogP contribution in [0.4, 0.5) is 10.8 Å². The Labute approximate surface area is 164 Å². The normalized spacial score (nSPS) is 10.6. The molecule has 7 nitrogen and oxygen atoms in total. The maximum atomic E-state index is 12.1. The molecule has 4 aromatic rings. The van der Waals surface area contributed by atoms with Crippen LogP contribution < -0.4 is 15.4 Å². The summed E-state index contributed by atoms with van der Waals surface area (Å²) in [5.74, 6) is -0.0157. The van der Waals surface area contributed by atoms with Crippen molar-refractivity contribution in [1.82, 2.24) is 4.98 Å². The van der Waals surface area contributed by atoms with Gasteiger partial charge >= 0.3 is 0 Å². The molecular weight excluding hydrogens is 378 g/mol. The van der Waals surface area contributed by atoms with Crippen LogP contribution in [0, 0.1) is 0 Å². The molecule has 0 aliphatic carbocycles. The standard InChI is InChI=1S/C20H15N3O4S/c24-18(23-20-22-15-7-1-2-9-17(15)28-20)12-27-14-6-3-5-13(11-14)21-19(25)16-8-4-10-26-16/h1-11H,12H2,(H,21,25)(H,22,23,24). The maximum absolute atomic E-state index is 12.1. The third-order valence-electron chi connectivity index (χ3n) is 3.75. The van der Waals surface area contributed by atoms with Gasteiger partial charge in [-0.2, -0.15) is 0 Å². The molecule has 2 heterocycles. The van der Waals surface area contributed by atoms with E-state index in [1.54, 1.807) is 36.4 Å². The second kappa shape index (κ2) is 7.93. The van der Waals surface area contributed by atoms with E-state index < -0.39 is 0 Å². The molecule has 0 fully saturated rings. The van der Waals surface area contributed by atoms with Crippen molar-refractivity contribution in [2.45, 2.75) is 0 Å². The average molecular weight is 393 g/mol. The molecule has 0 unspecified atom stereocenters. The Kier molecular flexibility index (Phi) is 5.03. The lowest BCUT2D eigenvalue weighted by molar-refractivity contribution is -0.118. The number of rotatable bonds is 6.